The molecule has 0 bridgehead atoms. The van der Waals surface area contributed by atoms with Crippen molar-refractivity contribution in [2.75, 3.05) is 45.9 Å². The number of unbranched alkanes of at least 4 members (excludes halogenated alkanes) is 1. The molecule has 0 aliphatic carbocycles. The van der Waals surface area contributed by atoms with Crippen molar-refractivity contribution in [2.24, 2.45) is 39.8 Å². The Morgan fingerprint density at radius 3 is 1.83 bits per heavy atom. The van der Waals surface area contributed by atoms with Crippen LogP contribution in [0.5, 0.6) is 0 Å². The fraction of sp³-hybridized carbons (Fsp3) is 0.672. The summed E-state index contributed by atoms with van der Waals surface area (Å²) in [6.07, 6.45) is -0.664. The Bertz CT molecular complexity index is 3280. The third-order valence-electron chi connectivity index (χ3n) is 19.0. The van der Waals surface area contributed by atoms with Crippen molar-refractivity contribution in [1.29, 1.82) is 0 Å². The molecule has 0 radical (unpaired) electrons. The van der Waals surface area contributed by atoms with Gasteiger partial charge in [0.2, 0.25) is 5.91 Å². The van der Waals surface area contributed by atoms with E-state index in [4.69, 9.17) is 22.9 Å². The van der Waals surface area contributed by atoms with Crippen molar-refractivity contribution < 1.29 is 92.3 Å². The van der Waals surface area contributed by atoms with E-state index in [2.05, 4.69) is 58.2 Å². The zero-order valence-electron chi connectivity index (χ0n) is 60.4. The minimum atomic E-state index is -1.90. The SMILES string of the molecule is CC[C@H](C)[C@@H]1NC(=O)[C@@H]2CCCN2C(=O)[C@@H]2CCCN2C(=O)[C@H]([C@@H](C)CC)NC(=O)[C@H](CO)NC(=O)[C@H](CCCCN)NC(=O)[C@H]([C@@H](C)O)NC(=O)[C@@H](NC(=O)[C@H](CCCN=C(N)N)NC(=O)CN)C[Se][Se]C[C@@H](C(=O)N[C@@H](Cc2ccccc2)C(=O)N2CCC[C@H]2C(=O)N[C@@H](CC(=O)O)C(=O)O)NC1=O. The van der Waals surface area contributed by atoms with Crippen molar-refractivity contribution >= 4 is 121 Å². The molecule has 39 heteroatoms. The molecule has 1 aromatic rings. The van der Waals surface area contributed by atoms with E-state index in [0.717, 1.165) is 11.8 Å². The molecular weight excluding hydrogens is 1520 g/mol. The van der Waals surface area contributed by atoms with Crippen molar-refractivity contribution in [1.82, 2.24) is 67.9 Å². The van der Waals surface area contributed by atoms with Gasteiger partial charge in [-0.1, -0.05) is 20.3 Å². The quantitative estimate of drug-likeness (QED) is 0.0160. The van der Waals surface area contributed by atoms with Crippen molar-refractivity contribution in [3.05, 3.63) is 35.9 Å². The van der Waals surface area contributed by atoms with Crippen LogP contribution in [0, 0.1) is 11.8 Å². The van der Waals surface area contributed by atoms with E-state index in [-0.39, 0.29) is 114 Å². The molecule has 37 nitrogen and oxygen atoms in total. The summed E-state index contributed by atoms with van der Waals surface area (Å²) in [5.74, 6) is -16.2. The number of nitrogens with one attached hydrogen (secondary N) is 10. The fourth-order valence-electron chi connectivity index (χ4n) is 12.6. The number of benzene rings is 1. The Labute approximate surface area is 625 Å². The Morgan fingerprint density at radius 2 is 1.22 bits per heavy atom. The molecular formula is C67H106N18O19Se2. The zero-order chi connectivity index (χ0) is 78.5. The molecule has 16 atom stereocenters. The second-order valence-corrected chi connectivity index (χ2v) is 34.4. The first-order valence-electron chi connectivity index (χ1n) is 35.8. The first kappa shape index (κ1) is 88.1. The number of carboxylic acid groups (broad SMARTS) is 2. The number of carbonyl (C=O) groups is 15. The van der Waals surface area contributed by atoms with Crippen LogP contribution >= 0.6 is 0 Å². The Morgan fingerprint density at radius 1 is 0.632 bits per heavy atom. The number of amides is 13. The van der Waals surface area contributed by atoms with Crippen molar-refractivity contribution in [3.63, 3.8) is 0 Å². The van der Waals surface area contributed by atoms with Gasteiger partial charge in [-0.2, -0.15) is 0 Å². The van der Waals surface area contributed by atoms with Crippen LogP contribution in [0.15, 0.2) is 35.3 Å². The number of hydrogen-bond donors (Lipinski definition) is 18. The third kappa shape index (κ3) is 26.1. The molecule has 13 amide bonds. The van der Waals surface area contributed by atoms with Gasteiger partial charge >= 0.3 is 532 Å². The second-order valence-electron chi connectivity index (χ2n) is 26.8. The predicted molar refractivity (Wildman–Crippen MR) is 384 cm³/mol. The van der Waals surface area contributed by atoms with Gasteiger partial charge in [-0.3, -0.25) is 14.4 Å². The van der Waals surface area contributed by atoms with Crippen LogP contribution in [0.2, 0.25) is 10.6 Å². The van der Waals surface area contributed by atoms with Gasteiger partial charge in [-0.15, -0.1) is 0 Å². The molecule has 5 rings (SSSR count). The number of aliphatic imine (C=N–C) groups is 1. The number of guanidine groups is 1. The number of carbonyl (C=O) groups excluding carboxylic acids is 13. The Hall–Kier alpha value is -8.58. The maximum absolute atomic E-state index is 15.3. The second kappa shape index (κ2) is 43.9. The van der Waals surface area contributed by atoms with Gasteiger partial charge in [0.1, 0.15) is 6.04 Å². The number of aliphatic hydroxyl groups excluding tert-OH is 2. The zero-order valence-corrected chi connectivity index (χ0v) is 63.8. The van der Waals surface area contributed by atoms with E-state index < -0.39 is 231 Å². The average Bonchev–Trinajstić information content (AvgIpc) is 1.61. The van der Waals surface area contributed by atoms with Gasteiger partial charge < -0.3 is 26.4 Å². The summed E-state index contributed by atoms with van der Waals surface area (Å²) in [5, 5.41) is 66.5. The number of carboxylic acids is 2. The molecule has 4 aliphatic heterocycles. The van der Waals surface area contributed by atoms with E-state index in [1.807, 2.05) is 0 Å². The topological polar surface area (TPSA) is 583 Å². The molecule has 4 saturated heterocycles. The molecule has 4 fully saturated rings. The monoisotopic (exact) mass is 1630 g/mol. The molecule has 22 N–H and O–H groups in total. The van der Waals surface area contributed by atoms with Crippen LogP contribution in [0.4, 0.5) is 0 Å². The summed E-state index contributed by atoms with van der Waals surface area (Å²) in [6.45, 7) is 6.68. The Balaban J connectivity index is 1.65. The van der Waals surface area contributed by atoms with Gasteiger partial charge in [0, 0.05) is 6.54 Å². The summed E-state index contributed by atoms with van der Waals surface area (Å²) in [4.78, 5) is 221. The normalized spacial score (nSPS) is 25.2. The Kier molecular flexibility index (Phi) is 36.5. The molecule has 4 aliphatic rings. The molecule has 106 heavy (non-hydrogen) atoms. The van der Waals surface area contributed by atoms with Crippen LogP contribution in [0.25, 0.3) is 0 Å². The van der Waals surface area contributed by atoms with E-state index >= 15 is 14.4 Å². The molecule has 590 valence electrons. The first-order valence-corrected chi connectivity index (χ1v) is 42.6. The summed E-state index contributed by atoms with van der Waals surface area (Å²) in [5.41, 5.74) is 23.0. The van der Waals surface area contributed by atoms with Gasteiger partial charge in [-0.05, 0) is 12.3 Å². The van der Waals surface area contributed by atoms with Crippen molar-refractivity contribution in [3.8, 4) is 0 Å². The van der Waals surface area contributed by atoms with E-state index in [9.17, 15) is 78.0 Å². The number of fused-ring (bicyclic) bond motifs is 2. The molecule has 0 saturated carbocycles. The van der Waals surface area contributed by atoms with Gasteiger partial charge in [0.15, 0.2) is 0 Å². The van der Waals surface area contributed by atoms with Crippen LogP contribution < -0.4 is 76.1 Å². The number of rotatable bonds is 28. The fourth-order valence-corrected chi connectivity index (χ4v) is 19.6. The molecule has 0 aromatic heterocycles. The predicted octanol–water partition coefficient (Wildman–Crippen LogP) is -6.61. The third-order valence-corrected chi connectivity index (χ3v) is 26.1. The molecule has 1 aromatic carbocycles. The van der Waals surface area contributed by atoms with Crippen molar-refractivity contribution in [2.45, 2.75) is 226 Å². The van der Waals surface area contributed by atoms with Gasteiger partial charge in [0.05, 0.1) is 0 Å². The number of aliphatic hydroxyl groups is 2. The molecule has 0 spiro atoms. The van der Waals surface area contributed by atoms with Crippen LogP contribution in [-0.4, -0.2) is 287 Å². The summed E-state index contributed by atoms with van der Waals surface area (Å²) in [7, 11) is 0. The number of hydrogen-bond acceptors (Lipinski definition) is 20. The summed E-state index contributed by atoms with van der Waals surface area (Å²) >= 11 is -1.69. The van der Waals surface area contributed by atoms with Crippen LogP contribution in [0.3, 0.4) is 0 Å². The standard InChI is InChI=1S/C67H106N18O19Se2/c1-6-35(3)51-61(98)79-44(57(94)75-41(29-38-17-9-8-10-18-38)63(100)83-26-14-21-46(83)59(96)76-42(66(103)104)30-50(89)90)33-105-106-34-45(78-54(91)39(73-49(88)31-69)20-13-25-72-67(70)71)58(95)82-53(37(5)87)62(99)74-40(19-11-12-24-68)55(92)77-43(32-86)56(93)81-52(36(4)7-2)65(102)85-28-16-23-48(85)64(101)84-27-15-22-47(84)60(97)80-51/h8-10,17-18,35-37,39-48,51-53,86-87H,6-7,11-16,19-34,68-69H2,1-5H3,(H,73,88)(H,74,99)(H,75,94)(H,76,96)(H,77,92)(H,78,91)(H,79,98)(H,80,97)(H,81,93)(H,82,95)(H,89,90)(H,103,104)(H4,70,71,72)/t35-,36-,37+,39-,40-,41-,42-,43-,44-,45-,46-,47-,48-,51-,52-,53-/m0/s1. The van der Waals surface area contributed by atoms with E-state index in [1.54, 1.807) is 58.0 Å². The molecule has 4 heterocycles. The average molecular weight is 1630 g/mol. The summed E-state index contributed by atoms with van der Waals surface area (Å²) in [6, 6.07) is -11.1. The number of nitrogens with zero attached hydrogens (tertiary/aromatic N) is 4. The van der Waals surface area contributed by atoms with Crippen LogP contribution in [0.1, 0.15) is 130 Å². The maximum atomic E-state index is 15.3. The number of likely N-dealkylation sites (tertiary alicyclic amines) is 1. The summed E-state index contributed by atoms with van der Waals surface area (Å²) < 4.78 is 0. The van der Waals surface area contributed by atoms with E-state index in [0.29, 0.717) is 31.2 Å². The minimum absolute atomic E-state index is 0.00150. The van der Waals surface area contributed by atoms with Gasteiger partial charge in [0.25, 0.3) is 0 Å². The van der Waals surface area contributed by atoms with Crippen LogP contribution in [-0.2, 0) is 78.3 Å². The van der Waals surface area contributed by atoms with Gasteiger partial charge in [-0.25, -0.2) is 4.79 Å². The first-order chi connectivity index (χ1) is 50.4. The number of nitrogens with two attached hydrogens (primary N) is 4. The van der Waals surface area contributed by atoms with E-state index in [1.165, 1.54) is 9.80 Å². The number of aliphatic carboxylic acids is 2. The molecule has 0 unspecified atom stereocenters.